The van der Waals surface area contributed by atoms with Gasteiger partial charge in [-0.1, -0.05) is 0 Å². The standard InChI is InChI=1S/C17H25F2N3O4/c1-17(2,22-6-8-25-9-7-22)11-20-16(23)21-12-4-5-13(24-3)14(10-12)26-15(18)19/h4-5,10,15H,6-9,11H2,1-3H3,(H2,20,21,23). The third kappa shape index (κ3) is 5.70. The van der Waals surface area contributed by atoms with E-state index >= 15 is 0 Å². The van der Waals surface area contributed by atoms with E-state index in [0.29, 0.717) is 25.4 Å². The highest BCUT2D eigenvalue weighted by Crippen LogP contribution is 2.31. The van der Waals surface area contributed by atoms with Crippen molar-refractivity contribution in [2.45, 2.75) is 26.0 Å². The van der Waals surface area contributed by atoms with Gasteiger partial charge in [-0.2, -0.15) is 8.78 Å². The molecule has 1 aromatic carbocycles. The first kappa shape index (κ1) is 20.2. The summed E-state index contributed by atoms with van der Waals surface area (Å²) in [6, 6.07) is 3.85. The van der Waals surface area contributed by atoms with Crippen LogP contribution in [0.25, 0.3) is 0 Å². The predicted octanol–water partition coefficient (Wildman–Crippen LogP) is 2.53. The van der Waals surface area contributed by atoms with Gasteiger partial charge in [0.2, 0.25) is 0 Å². The summed E-state index contributed by atoms with van der Waals surface area (Å²) in [7, 11) is 1.35. The highest BCUT2D eigenvalue weighted by molar-refractivity contribution is 5.89. The van der Waals surface area contributed by atoms with Crippen LogP contribution in [0.5, 0.6) is 11.5 Å². The molecule has 0 radical (unpaired) electrons. The van der Waals surface area contributed by atoms with Crippen molar-refractivity contribution >= 4 is 11.7 Å². The first-order chi connectivity index (χ1) is 12.3. The van der Waals surface area contributed by atoms with Gasteiger partial charge in [0, 0.05) is 36.9 Å². The summed E-state index contributed by atoms with van der Waals surface area (Å²) in [5, 5.41) is 5.41. The van der Waals surface area contributed by atoms with Crippen molar-refractivity contribution in [2.75, 3.05) is 45.3 Å². The van der Waals surface area contributed by atoms with E-state index in [1.807, 2.05) is 13.8 Å². The zero-order chi connectivity index (χ0) is 19.2. The smallest absolute Gasteiger partial charge is 0.387 e. The lowest BCUT2D eigenvalue weighted by molar-refractivity contribution is -0.0511. The number of urea groups is 1. The molecular weight excluding hydrogens is 348 g/mol. The zero-order valence-corrected chi connectivity index (χ0v) is 15.2. The van der Waals surface area contributed by atoms with E-state index in [2.05, 4.69) is 20.3 Å². The highest BCUT2D eigenvalue weighted by atomic mass is 19.3. The van der Waals surface area contributed by atoms with Gasteiger partial charge >= 0.3 is 12.6 Å². The van der Waals surface area contributed by atoms with Crippen LogP contribution in [0.4, 0.5) is 19.3 Å². The average Bonchev–Trinajstić information content (AvgIpc) is 2.61. The van der Waals surface area contributed by atoms with E-state index in [4.69, 9.17) is 9.47 Å². The van der Waals surface area contributed by atoms with E-state index in [9.17, 15) is 13.6 Å². The molecule has 26 heavy (non-hydrogen) atoms. The SMILES string of the molecule is COc1ccc(NC(=O)NCC(C)(C)N2CCOCC2)cc1OC(F)F. The normalized spacial score (nSPS) is 15.6. The average molecular weight is 373 g/mol. The van der Waals surface area contributed by atoms with Crippen LogP contribution in [0, 0.1) is 0 Å². The number of carbonyl (C=O) groups is 1. The molecule has 1 aromatic rings. The molecule has 0 aliphatic carbocycles. The van der Waals surface area contributed by atoms with Crippen LogP contribution < -0.4 is 20.1 Å². The Hall–Kier alpha value is -2.13. The van der Waals surface area contributed by atoms with Crippen LogP contribution in [0.2, 0.25) is 0 Å². The van der Waals surface area contributed by atoms with E-state index in [-0.39, 0.29) is 17.0 Å². The van der Waals surface area contributed by atoms with E-state index in [1.165, 1.54) is 19.2 Å². The molecule has 0 bridgehead atoms. The quantitative estimate of drug-likeness (QED) is 0.769. The first-order valence-corrected chi connectivity index (χ1v) is 8.32. The number of halogens is 2. The predicted molar refractivity (Wildman–Crippen MR) is 93.1 cm³/mol. The first-order valence-electron chi connectivity index (χ1n) is 8.32. The molecule has 146 valence electrons. The summed E-state index contributed by atoms with van der Waals surface area (Å²) in [5.41, 5.74) is 0.0912. The number of ether oxygens (including phenoxy) is 3. The molecule has 0 atom stereocenters. The topological polar surface area (TPSA) is 72.1 Å². The summed E-state index contributed by atoms with van der Waals surface area (Å²) >= 11 is 0. The Labute approximate surface area is 151 Å². The third-order valence-electron chi connectivity index (χ3n) is 4.19. The van der Waals surface area contributed by atoms with Gasteiger partial charge in [0.05, 0.1) is 20.3 Å². The summed E-state index contributed by atoms with van der Waals surface area (Å²) in [6.45, 7) is 4.49. The molecule has 1 aliphatic rings. The number of morpholine rings is 1. The number of alkyl halides is 2. The van der Waals surface area contributed by atoms with Crippen LogP contribution in [0.1, 0.15) is 13.8 Å². The molecule has 0 unspecified atom stereocenters. The fourth-order valence-corrected chi connectivity index (χ4v) is 2.69. The summed E-state index contributed by atoms with van der Waals surface area (Å²) < 4.78 is 39.6. The lowest BCUT2D eigenvalue weighted by Gasteiger charge is -2.40. The molecule has 1 heterocycles. The minimum atomic E-state index is -2.98. The molecule has 0 spiro atoms. The highest BCUT2D eigenvalue weighted by Gasteiger charge is 2.28. The van der Waals surface area contributed by atoms with Gasteiger partial charge in [-0.3, -0.25) is 4.90 Å². The monoisotopic (exact) mass is 373 g/mol. The van der Waals surface area contributed by atoms with Crippen LogP contribution in [0.15, 0.2) is 18.2 Å². The molecule has 2 amide bonds. The van der Waals surface area contributed by atoms with E-state index in [0.717, 1.165) is 13.1 Å². The van der Waals surface area contributed by atoms with Crippen LogP contribution in [-0.4, -0.2) is 63.0 Å². The van der Waals surface area contributed by atoms with Crippen molar-refractivity contribution in [1.82, 2.24) is 10.2 Å². The fourth-order valence-electron chi connectivity index (χ4n) is 2.69. The van der Waals surface area contributed by atoms with Crippen molar-refractivity contribution < 1.29 is 27.8 Å². The Bertz CT molecular complexity index is 608. The summed E-state index contributed by atoms with van der Waals surface area (Å²) in [6.07, 6.45) is 0. The van der Waals surface area contributed by atoms with Gasteiger partial charge in [0.1, 0.15) is 0 Å². The number of rotatable bonds is 7. The van der Waals surface area contributed by atoms with E-state index in [1.54, 1.807) is 6.07 Å². The molecular formula is C17H25F2N3O4. The van der Waals surface area contributed by atoms with Gasteiger partial charge in [0.25, 0.3) is 0 Å². The van der Waals surface area contributed by atoms with Gasteiger partial charge in [0.15, 0.2) is 11.5 Å². The molecule has 7 nitrogen and oxygen atoms in total. The Kier molecular flexibility index (Phi) is 6.98. The molecule has 1 saturated heterocycles. The maximum absolute atomic E-state index is 12.5. The maximum atomic E-state index is 12.5. The minimum Gasteiger partial charge on any atom is -0.493 e. The number of anilines is 1. The van der Waals surface area contributed by atoms with Crippen LogP contribution in [-0.2, 0) is 4.74 Å². The number of amides is 2. The Balaban J connectivity index is 1.92. The van der Waals surface area contributed by atoms with E-state index < -0.39 is 12.6 Å². The largest absolute Gasteiger partial charge is 0.493 e. The van der Waals surface area contributed by atoms with Gasteiger partial charge in [-0.05, 0) is 26.0 Å². The van der Waals surface area contributed by atoms with Gasteiger partial charge in [-0.15, -0.1) is 0 Å². The number of hydrogen-bond acceptors (Lipinski definition) is 5. The Morgan fingerprint density at radius 2 is 2.00 bits per heavy atom. The second kappa shape index (κ2) is 9.00. The minimum absolute atomic E-state index is 0.144. The van der Waals surface area contributed by atoms with Crippen molar-refractivity contribution in [3.63, 3.8) is 0 Å². The Morgan fingerprint density at radius 1 is 1.31 bits per heavy atom. The van der Waals surface area contributed by atoms with Crippen molar-refractivity contribution in [2.24, 2.45) is 0 Å². The molecule has 2 rings (SSSR count). The number of methoxy groups -OCH3 is 1. The lowest BCUT2D eigenvalue weighted by atomic mass is 10.0. The Morgan fingerprint density at radius 3 is 2.62 bits per heavy atom. The molecule has 2 N–H and O–H groups in total. The van der Waals surface area contributed by atoms with Crippen molar-refractivity contribution in [3.8, 4) is 11.5 Å². The summed E-state index contributed by atoms with van der Waals surface area (Å²) in [4.78, 5) is 14.4. The number of benzene rings is 1. The number of hydrogen-bond donors (Lipinski definition) is 2. The van der Waals surface area contributed by atoms with Gasteiger partial charge < -0.3 is 24.8 Å². The van der Waals surface area contributed by atoms with Crippen LogP contribution >= 0.6 is 0 Å². The molecule has 9 heteroatoms. The van der Waals surface area contributed by atoms with Crippen molar-refractivity contribution in [3.05, 3.63) is 18.2 Å². The maximum Gasteiger partial charge on any atom is 0.387 e. The number of carbonyl (C=O) groups excluding carboxylic acids is 1. The third-order valence-corrected chi connectivity index (χ3v) is 4.19. The van der Waals surface area contributed by atoms with Crippen LogP contribution in [0.3, 0.4) is 0 Å². The zero-order valence-electron chi connectivity index (χ0n) is 15.2. The number of nitrogens with zero attached hydrogens (tertiary/aromatic N) is 1. The second-order valence-electron chi connectivity index (χ2n) is 6.46. The second-order valence-corrected chi connectivity index (χ2v) is 6.46. The molecule has 0 saturated carbocycles. The summed E-state index contributed by atoms with van der Waals surface area (Å²) in [5.74, 6) is 0.0126. The molecule has 1 fully saturated rings. The molecule has 1 aliphatic heterocycles. The van der Waals surface area contributed by atoms with Crippen molar-refractivity contribution in [1.29, 1.82) is 0 Å². The molecule has 0 aromatic heterocycles. The fraction of sp³-hybridized carbons (Fsp3) is 0.588. The van der Waals surface area contributed by atoms with Gasteiger partial charge in [-0.25, -0.2) is 4.79 Å². The number of nitrogens with one attached hydrogen (secondary N) is 2. The lowest BCUT2D eigenvalue weighted by Crippen LogP contribution is -2.55.